The predicted molar refractivity (Wildman–Crippen MR) is 62.3 cm³/mol. The monoisotopic (exact) mass is 208 g/mol. The summed E-state index contributed by atoms with van der Waals surface area (Å²) in [4.78, 5) is 0. The molecule has 0 spiro atoms. The average Bonchev–Trinajstić information content (AvgIpc) is 2.15. The summed E-state index contributed by atoms with van der Waals surface area (Å²) in [6.07, 6.45) is 0. The largest absolute Gasteiger partial charge is 0.496 e. The third kappa shape index (κ3) is 2.51. The van der Waals surface area contributed by atoms with Crippen molar-refractivity contribution in [1.29, 1.82) is 0 Å². The molecule has 1 aromatic rings. The van der Waals surface area contributed by atoms with Gasteiger partial charge in [0.15, 0.2) is 0 Å². The highest BCUT2D eigenvalue weighted by Gasteiger charge is 2.23. The summed E-state index contributed by atoms with van der Waals surface area (Å²) < 4.78 is 5.33. The smallest absolute Gasteiger partial charge is 0.122 e. The van der Waals surface area contributed by atoms with Crippen molar-refractivity contribution in [2.24, 2.45) is 0 Å². The van der Waals surface area contributed by atoms with Crippen LogP contribution in [0.15, 0.2) is 18.2 Å². The van der Waals surface area contributed by atoms with E-state index in [-0.39, 0.29) is 0 Å². The molecule has 0 amide bonds. The Morgan fingerprint density at radius 1 is 1.27 bits per heavy atom. The lowest BCUT2D eigenvalue weighted by Crippen LogP contribution is -2.19. The van der Waals surface area contributed by atoms with Gasteiger partial charge >= 0.3 is 0 Å². The number of aliphatic hydroxyl groups is 1. The Morgan fingerprint density at radius 3 is 2.27 bits per heavy atom. The first-order valence-corrected chi connectivity index (χ1v) is 5.27. The number of rotatable bonds is 3. The molecular formula is C13H20O2. The second-order valence-corrected chi connectivity index (χ2v) is 4.64. The summed E-state index contributed by atoms with van der Waals surface area (Å²) >= 11 is 0. The topological polar surface area (TPSA) is 29.5 Å². The summed E-state index contributed by atoms with van der Waals surface area (Å²) in [5.74, 6) is 1.19. The van der Waals surface area contributed by atoms with Crippen LogP contribution in [0.2, 0.25) is 0 Å². The molecule has 1 N–H and O–H groups in total. The van der Waals surface area contributed by atoms with Crippen LogP contribution in [-0.4, -0.2) is 12.2 Å². The van der Waals surface area contributed by atoms with E-state index >= 15 is 0 Å². The molecule has 0 aliphatic heterocycles. The van der Waals surface area contributed by atoms with Gasteiger partial charge in [-0.25, -0.2) is 0 Å². The van der Waals surface area contributed by atoms with E-state index in [1.54, 1.807) is 21.0 Å². The van der Waals surface area contributed by atoms with E-state index in [0.717, 1.165) is 16.9 Å². The minimum Gasteiger partial charge on any atom is -0.496 e. The zero-order chi connectivity index (χ0) is 11.6. The molecule has 0 aliphatic rings. The van der Waals surface area contributed by atoms with Gasteiger partial charge in [0.1, 0.15) is 5.75 Å². The highest BCUT2D eigenvalue weighted by atomic mass is 16.5. The van der Waals surface area contributed by atoms with Crippen LogP contribution in [-0.2, 0) is 5.60 Å². The fraction of sp³-hybridized carbons (Fsp3) is 0.538. The summed E-state index contributed by atoms with van der Waals surface area (Å²) in [5.41, 5.74) is 1.21. The van der Waals surface area contributed by atoms with Gasteiger partial charge in [-0.3, -0.25) is 0 Å². The Morgan fingerprint density at radius 2 is 1.87 bits per heavy atom. The van der Waals surface area contributed by atoms with Gasteiger partial charge in [0.05, 0.1) is 12.7 Å². The minimum atomic E-state index is -0.825. The Kier molecular flexibility index (Phi) is 3.40. The van der Waals surface area contributed by atoms with Gasteiger partial charge in [-0.2, -0.15) is 0 Å². The maximum absolute atomic E-state index is 10.1. The van der Waals surface area contributed by atoms with Gasteiger partial charge in [-0.1, -0.05) is 26.0 Å². The number of hydrogen-bond acceptors (Lipinski definition) is 2. The van der Waals surface area contributed by atoms with E-state index in [1.165, 1.54) is 0 Å². The van der Waals surface area contributed by atoms with Gasteiger partial charge in [0.2, 0.25) is 0 Å². The van der Waals surface area contributed by atoms with Crippen LogP contribution >= 0.6 is 0 Å². The molecule has 84 valence electrons. The Balaban J connectivity index is 3.39. The molecule has 0 aliphatic carbocycles. The molecule has 2 heteroatoms. The van der Waals surface area contributed by atoms with Crippen molar-refractivity contribution in [3.05, 3.63) is 29.3 Å². The van der Waals surface area contributed by atoms with Crippen molar-refractivity contribution in [3.63, 3.8) is 0 Å². The van der Waals surface area contributed by atoms with Crippen LogP contribution < -0.4 is 4.74 Å². The van der Waals surface area contributed by atoms with Crippen molar-refractivity contribution < 1.29 is 9.84 Å². The maximum Gasteiger partial charge on any atom is 0.122 e. The van der Waals surface area contributed by atoms with Crippen molar-refractivity contribution in [1.82, 2.24) is 0 Å². The number of hydrogen-bond donors (Lipinski definition) is 1. The molecule has 0 saturated heterocycles. The van der Waals surface area contributed by atoms with E-state index in [9.17, 15) is 5.11 Å². The molecule has 15 heavy (non-hydrogen) atoms. The zero-order valence-electron chi connectivity index (χ0n) is 10.2. The summed E-state index contributed by atoms with van der Waals surface area (Å²) in [7, 11) is 1.66. The Hall–Kier alpha value is -1.02. The lowest BCUT2D eigenvalue weighted by atomic mass is 9.87. The van der Waals surface area contributed by atoms with Crippen LogP contribution in [0.25, 0.3) is 0 Å². The first-order valence-electron chi connectivity index (χ1n) is 5.27. The molecule has 1 aromatic carbocycles. The molecule has 0 fully saturated rings. The van der Waals surface area contributed by atoms with Crippen LogP contribution in [0.5, 0.6) is 5.75 Å². The molecule has 0 aromatic heterocycles. The molecule has 0 unspecified atom stereocenters. The van der Waals surface area contributed by atoms with Gasteiger partial charge < -0.3 is 9.84 Å². The standard InChI is InChI=1S/C13H20O2/c1-9(2)12-10(13(3,4)14)7-6-8-11(12)15-5/h6-9,14H,1-5H3. The molecule has 0 bridgehead atoms. The number of ether oxygens (including phenoxy) is 1. The first kappa shape index (κ1) is 12.1. The van der Waals surface area contributed by atoms with Crippen LogP contribution in [0.1, 0.15) is 44.7 Å². The van der Waals surface area contributed by atoms with Gasteiger partial charge in [0.25, 0.3) is 0 Å². The molecule has 0 radical (unpaired) electrons. The van der Waals surface area contributed by atoms with Crippen molar-refractivity contribution in [3.8, 4) is 5.75 Å². The van der Waals surface area contributed by atoms with Gasteiger partial charge in [-0.05, 0) is 31.4 Å². The van der Waals surface area contributed by atoms with Crippen molar-refractivity contribution in [2.45, 2.75) is 39.2 Å². The van der Waals surface area contributed by atoms with Crippen molar-refractivity contribution >= 4 is 0 Å². The highest BCUT2D eigenvalue weighted by molar-refractivity contribution is 5.44. The summed E-state index contributed by atoms with van der Waals surface area (Å²) in [6, 6.07) is 5.81. The van der Waals surface area contributed by atoms with Crippen LogP contribution in [0, 0.1) is 0 Å². The lowest BCUT2D eigenvalue weighted by molar-refractivity contribution is 0.0770. The third-order valence-corrected chi connectivity index (χ3v) is 2.52. The molecule has 0 saturated carbocycles. The second kappa shape index (κ2) is 4.23. The summed E-state index contributed by atoms with van der Waals surface area (Å²) in [6.45, 7) is 7.81. The maximum atomic E-state index is 10.1. The Labute approximate surface area is 91.9 Å². The van der Waals surface area contributed by atoms with Crippen LogP contribution in [0.3, 0.4) is 0 Å². The second-order valence-electron chi connectivity index (χ2n) is 4.64. The van der Waals surface area contributed by atoms with Gasteiger partial charge in [-0.15, -0.1) is 0 Å². The fourth-order valence-electron chi connectivity index (χ4n) is 1.85. The van der Waals surface area contributed by atoms with E-state index in [1.807, 2.05) is 18.2 Å². The molecular weight excluding hydrogens is 188 g/mol. The quantitative estimate of drug-likeness (QED) is 0.827. The van der Waals surface area contributed by atoms with Crippen LogP contribution in [0.4, 0.5) is 0 Å². The predicted octanol–water partition coefficient (Wildman–Crippen LogP) is 3.05. The fourth-order valence-corrected chi connectivity index (χ4v) is 1.85. The summed E-state index contributed by atoms with van der Waals surface area (Å²) in [5, 5.41) is 10.1. The van der Waals surface area contributed by atoms with E-state index in [4.69, 9.17) is 4.74 Å². The minimum absolute atomic E-state index is 0.336. The molecule has 2 nitrogen and oxygen atoms in total. The molecule has 0 heterocycles. The normalized spacial score (nSPS) is 11.9. The average molecular weight is 208 g/mol. The molecule has 0 atom stereocenters. The lowest BCUT2D eigenvalue weighted by Gasteiger charge is -2.25. The first-order chi connectivity index (χ1) is 6.88. The Bertz CT molecular complexity index is 335. The van der Waals surface area contributed by atoms with E-state index in [0.29, 0.717) is 5.92 Å². The number of benzene rings is 1. The van der Waals surface area contributed by atoms with E-state index in [2.05, 4.69) is 13.8 Å². The van der Waals surface area contributed by atoms with E-state index < -0.39 is 5.60 Å². The highest BCUT2D eigenvalue weighted by Crippen LogP contribution is 2.35. The zero-order valence-corrected chi connectivity index (χ0v) is 10.2. The number of methoxy groups -OCH3 is 1. The third-order valence-electron chi connectivity index (χ3n) is 2.52. The van der Waals surface area contributed by atoms with Crippen molar-refractivity contribution in [2.75, 3.05) is 7.11 Å². The van der Waals surface area contributed by atoms with Gasteiger partial charge in [0, 0.05) is 5.56 Å². The molecule has 1 rings (SSSR count). The SMILES string of the molecule is COc1cccc(C(C)(C)O)c1C(C)C.